The number of nitrogens with zero attached hydrogens (tertiary/aromatic N) is 1. The number of aliphatic carboxylic acids is 1. The van der Waals surface area contributed by atoms with Crippen LogP contribution in [0.2, 0.25) is 0 Å². The first-order valence-electron chi connectivity index (χ1n) is 5.01. The van der Waals surface area contributed by atoms with Gasteiger partial charge < -0.3 is 9.84 Å². The van der Waals surface area contributed by atoms with Crippen molar-refractivity contribution in [1.29, 1.82) is 0 Å². The topological polar surface area (TPSA) is 68.5 Å². The molecule has 1 N–H and O–H groups in total. The van der Waals surface area contributed by atoms with Gasteiger partial charge in [0.2, 0.25) is 0 Å². The van der Waals surface area contributed by atoms with Crippen LogP contribution in [0.3, 0.4) is 0 Å². The number of thiazole rings is 1. The zero-order valence-electron chi connectivity index (χ0n) is 9.17. The van der Waals surface area contributed by atoms with E-state index in [2.05, 4.69) is 0 Å². The summed E-state index contributed by atoms with van der Waals surface area (Å²) < 4.78 is 7.36. The van der Waals surface area contributed by atoms with E-state index in [0.29, 0.717) is 5.75 Å². The van der Waals surface area contributed by atoms with E-state index in [0.717, 1.165) is 21.6 Å². The van der Waals surface area contributed by atoms with Crippen LogP contribution in [0.15, 0.2) is 23.0 Å². The molecule has 0 aliphatic rings. The molecule has 0 saturated heterocycles. The molecule has 0 atom stereocenters. The van der Waals surface area contributed by atoms with Crippen molar-refractivity contribution >= 4 is 27.5 Å². The van der Waals surface area contributed by atoms with Crippen LogP contribution in [0, 0.1) is 0 Å². The predicted molar refractivity (Wildman–Crippen MR) is 64.9 cm³/mol. The van der Waals surface area contributed by atoms with E-state index in [1.54, 1.807) is 25.3 Å². The number of rotatable bonds is 4. The number of ether oxygens (including phenoxy) is 1. The number of benzene rings is 1. The minimum absolute atomic E-state index is 0.0578. The number of hydrogen-bond donors (Lipinski definition) is 1. The third kappa shape index (κ3) is 2.31. The van der Waals surface area contributed by atoms with Gasteiger partial charge in [-0.15, -0.1) is 0 Å². The normalized spacial score (nSPS) is 10.6. The molecule has 0 bridgehead atoms. The summed E-state index contributed by atoms with van der Waals surface area (Å²) in [5.41, 5.74) is 0.752. The third-order valence-corrected chi connectivity index (χ3v) is 3.37. The van der Waals surface area contributed by atoms with Crippen LogP contribution < -0.4 is 9.61 Å². The first kappa shape index (κ1) is 11.7. The van der Waals surface area contributed by atoms with Crippen molar-refractivity contribution in [3.05, 3.63) is 27.9 Å². The Bertz CT molecular complexity index is 613. The summed E-state index contributed by atoms with van der Waals surface area (Å²) >= 11 is 1.09. The highest BCUT2D eigenvalue weighted by Gasteiger charge is 2.09. The quantitative estimate of drug-likeness (QED) is 0.897. The van der Waals surface area contributed by atoms with Gasteiger partial charge in [0.15, 0.2) is 0 Å². The van der Waals surface area contributed by atoms with Crippen LogP contribution >= 0.6 is 11.3 Å². The molecule has 0 amide bonds. The molecule has 0 saturated carbocycles. The van der Waals surface area contributed by atoms with Crippen molar-refractivity contribution < 1.29 is 14.6 Å². The number of methoxy groups -OCH3 is 1. The Morgan fingerprint density at radius 2 is 2.29 bits per heavy atom. The van der Waals surface area contributed by atoms with E-state index in [1.807, 2.05) is 0 Å². The van der Waals surface area contributed by atoms with Crippen molar-refractivity contribution in [2.24, 2.45) is 0 Å². The second-order valence-electron chi connectivity index (χ2n) is 3.50. The molecule has 0 aliphatic carbocycles. The molecule has 6 heteroatoms. The van der Waals surface area contributed by atoms with Crippen molar-refractivity contribution in [2.45, 2.75) is 13.0 Å². The number of fused-ring (bicyclic) bond motifs is 1. The second kappa shape index (κ2) is 4.58. The lowest BCUT2D eigenvalue weighted by molar-refractivity contribution is -0.137. The Morgan fingerprint density at radius 1 is 1.53 bits per heavy atom. The van der Waals surface area contributed by atoms with E-state index in [9.17, 15) is 9.59 Å². The van der Waals surface area contributed by atoms with Crippen LogP contribution in [-0.4, -0.2) is 22.8 Å². The van der Waals surface area contributed by atoms with Gasteiger partial charge in [-0.3, -0.25) is 14.2 Å². The third-order valence-electron chi connectivity index (χ3n) is 2.42. The molecule has 90 valence electrons. The van der Waals surface area contributed by atoms with Gasteiger partial charge >= 0.3 is 10.8 Å². The molecule has 0 fully saturated rings. The number of hydrogen-bond acceptors (Lipinski definition) is 4. The molecule has 0 unspecified atom stereocenters. The highest BCUT2D eigenvalue weighted by molar-refractivity contribution is 7.16. The molecule has 1 heterocycles. The number of carboxylic acids is 1. The van der Waals surface area contributed by atoms with Gasteiger partial charge in [-0.05, 0) is 18.2 Å². The van der Waals surface area contributed by atoms with Crippen molar-refractivity contribution in [2.75, 3.05) is 7.11 Å². The van der Waals surface area contributed by atoms with E-state index in [-0.39, 0.29) is 17.8 Å². The van der Waals surface area contributed by atoms with Crippen LogP contribution in [0.4, 0.5) is 0 Å². The fourth-order valence-corrected chi connectivity index (χ4v) is 2.54. The lowest BCUT2D eigenvalue weighted by atomic mass is 10.3. The molecule has 2 rings (SSSR count). The Hall–Kier alpha value is -1.82. The van der Waals surface area contributed by atoms with Gasteiger partial charge in [-0.1, -0.05) is 11.3 Å². The maximum absolute atomic E-state index is 11.7. The Morgan fingerprint density at radius 3 is 2.94 bits per heavy atom. The number of carbonyl (C=O) groups is 1. The minimum atomic E-state index is -0.912. The molecule has 17 heavy (non-hydrogen) atoms. The molecular formula is C11H11NO4S. The zero-order chi connectivity index (χ0) is 12.4. The Balaban J connectivity index is 2.45. The maximum atomic E-state index is 11.7. The smallest absolute Gasteiger partial charge is 0.308 e. The van der Waals surface area contributed by atoms with Gasteiger partial charge in [-0.25, -0.2) is 0 Å². The van der Waals surface area contributed by atoms with Gasteiger partial charge in [0.05, 0.1) is 23.7 Å². The zero-order valence-corrected chi connectivity index (χ0v) is 9.99. The first-order chi connectivity index (χ1) is 8.11. The Labute approximate surface area is 101 Å². The summed E-state index contributed by atoms with van der Waals surface area (Å²) in [4.78, 5) is 22.1. The van der Waals surface area contributed by atoms with Crippen molar-refractivity contribution in [3.63, 3.8) is 0 Å². The summed E-state index contributed by atoms with van der Waals surface area (Å²) in [7, 11) is 1.56. The van der Waals surface area contributed by atoms with E-state index in [1.165, 1.54) is 4.57 Å². The van der Waals surface area contributed by atoms with Crippen LogP contribution in [0.25, 0.3) is 10.2 Å². The number of carboxylic acid groups (broad SMARTS) is 1. The number of aryl methyl sites for hydroxylation is 1. The first-order valence-corrected chi connectivity index (χ1v) is 5.82. The minimum Gasteiger partial charge on any atom is -0.497 e. The van der Waals surface area contributed by atoms with Gasteiger partial charge in [-0.2, -0.15) is 0 Å². The Kier molecular flexibility index (Phi) is 3.14. The second-order valence-corrected chi connectivity index (χ2v) is 4.49. The highest BCUT2D eigenvalue weighted by atomic mass is 32.1. The fraction of sp³-hybridized carbons (Fsp3) is 0.273. The summed E-state index contributed by atoms with van der Waals surface area (Å²) in [6.07, 6.45) is -0.0578. The van der Waals surface area contributed by atoms with Gasteiger partial charge in [0.1, 0.15) is 5.75 Å². The number of aromatic nitrogens is 1. The van der Waals surface area contributed by atoms with E-state index >= 15 is 0 Å². The lowest BCUT2D eigenvalue weighted by Crippen LogP contribution is -2.15. The maximum Gasteiger partial charge on any atom is 0.308 e. The lowest BCUT2D eigenvalue weighted by Gasteiger charge is -2.02. The summed E-state index contributed by atoms with van der Waals surface area (Å²) in [6.45, 7) is 0.195. The molecule has 0 aliphatic heterocycles. The van der Waals surface area contributed by atoms with Gasteiger partial charge in [0.25, 0.3) is 0 Å². The average Bonchev–Trinajstić information content (AvgIpc) is 2.60. The molecule has 1 aromatic carbocycles. The van der Waals surface area contributed by atoms with Crippen LogP contribution in [0.5, 0.6) is 5.75 Å². The molecule has 2 aromatic rings. The largest absolute Gasteiger partial charge is 0.497 e. The summed E-state index contributed by atoms with van der Waals surface area (Å²) in [6, 6.07) is 5.30. The highest BCUT2D eigenvalue weighted by Crippen LogP contribution is 2.23. The standard InChI is InChI=1S/C11H11NO4S/c1-16-7-2-3-8-9(6-7)17-11(15)12(8)5-4-10(13)14/h2-3,6H,4-5H2,1H3,(H,13,14). The van der Waals surface area contributed by atoms with E-state index < -0.39 is 5.97 Å². The summed E-state index contributed by atoms with van der Waals surface area (Å²) in [5.74, 6) is -0.228. The van der Waals surface area contributed by atoms with Crippen molar-refractivity contribution in [1.82, 2.24) is 4.57 Å². The van der Waals surface area contributed by atoms with Gasteiger partial charge in [0, 0.05) is 6.54 Å². The monoisotopic (exact) mass is 253 g/mol. The van der Waals surface area contributed by atoms with Crippen LogP contribution in [-0.2, 0) is 11.3 Å². The molecular weight excluding hydrogens is 242 g/mol. The van der Waals surface area contributed by atoms with Crippen molar-refractivity contribution in [3.8, 4) is 5.75 Å². The predicted octanol–water partition coefficient (Wildman–Crippen LogP) is 1.55. The molecule has 0 spiro atoms. The van der Waals surface area contributed by atoms with E-state index in [4.69, 9.17) is 9.84 Å². The van der Waals surface area contributed by atoms with Crippen LogP contribution in [0.1, 0.15) is 6.42 Å². The SMILES string of the molecule is COc1ccc2c(c1)sc(=O)n2CCC(=O)O. The molecule has 1 aromatic heterocycles. The average molecular weight is 253 g/mol. The summed E-state index contributed by atoms with van der Waals surface area (Å²) in [5, 5.41) is 8.63. The molecule has 0 radical (unpaired) electrons. The molecule has 5 nitrogen and oxygen atoms in total. The fourth-order valence-electron chi connectivity index (χ4n) is 1.59.